The van der Waals surface area contributed by atoms with Gasteiger partial charge in [-0.05, 0) is 43.0 Å². The fourth-order valence-corrected chi connectivity index (χ4v) is 3.83. The van der Waals surface area contributed by atoms with Crippen molar-refractivity contribution < 1.29 is 9.59 Å². The van der Waals surface area contributed by atoms with Crippen molar-refractivity contribution in [2.45, 2.75) is 17.9 Å². The highest BCUT2D eigenvalue weighted by Gasteiger charge is 2.21. The van der Waals surface area contributed by atoms with E-state index < -0.39 is 0 Å². The predicted molar refractivity (Wildman–Crippen MR) is 110 cm³/mol. The van der Waals surface area contributed by atoms with Crippen LogP contribution in [0.2, 0.25) is 0 Å². The van der Waals surface area contributed by atoms with E-state index in [1.54, 1.807) is 23.7 Å². The molecule has 2 aromatic carbocycles. The zero-order valence-corrected chi connectivity index (χ0v) is 16.6. The molecule has 0 spiro atoms. The number of likely N-dealkylation sites (N-methyl/N-ethyl adjacent to an activating group) is 1. The molecule has 1 aliphatic heterocycles. The summed E-state index contributed by atoms with van der Waals surface area (Å²) in [6.45, 7) is 1.80. The molecule has 0 aromatic heterocycles. The number of nitrogens with zero attached hydrogens (tertiary/aromatic N) is 2. The van der Waals surface area contributed by atoms with Crippen LogP contribution in [0, 0.1) is 0 Å². The zero-order valence-electron chi connectivity index (χ0n) is 15.8. The van der Waals surface area contributed by atoms with Gasteiger partial charge >= 0.3 is 0 Å². The number of carbonyl (C=O) groups excluding carboxylic acids is 2. The van der Waals surface area contributed by atoms with Crippen molar-refractivity contribution in [1.29, 1.82) is 0 Å². The number of nitrogens with one attached hydrogen (secondary N) is 1. The molecule has 0 saturated heterocycles. The van der Waals surface area contributed by atoms with Gasteiger partial charge in [-0.15, -0.1) is 11.8 Å². The Kier molecular flexibility index (Phi) is 6.53. The molecule has 0 radical (unpaired) electrons. The van der Waals surface area contributed by atoms with Crippen LogP contribution in [-0.2, 0) is 22.6 Å². The highest BCUT2D eigenvalue weighted by molar-refractivity contribution is 7.98. The molecule has 2 aromatic rings. The van der Waals surface area contributed by atoms with Crippen LogP contribution in [0.3, 0.4) is 0 Å². The van der Waals surface area contributed by atoms with Gasteiger partial charge in [0.2, 0.25) is 11.8 Å². The summed E-state index contributed by atoms with van der Waals surface area (Å²) in [4.78, 5) is 29.6. The van der Waals surface area contributed by atoms with Crippen molar-refractivity contribution in [3.05, 3.63) is 59.7 Å². The van der Waals surface area contributed by atoms with Gasteiger partial charge in [0, 0.05) is 18.0 Å². The van der Waals surface area contributed by atoms with Crippen molar-refractivity contribution in [3.63, 3.8) is 0 Å². The van der Waals surface area contributed by atoms with E-state index in [1.807, 2.05) is 47.6 Å². The fourth-order valence-electron chi connectivity index (χ4n) is 3.28. The first-order valence-electron chi connectivity index (χ1n) is 9.03. The van der Waals surface area contributed by atoms with E-state index in [4.69, 9.17) is 0 Å². The molecule has 3 rings (SSSR count). The van der Waals surface area contributed by atoms with Crippen molar-refractivity contribution in [1.82, 2.24) is 9.80 Å². The largest absolute Gasteiger partial charge is 0.337 e. The van der Waals surface area contributed by atoms with E-state index in [9.17, 15) is 9.59 Å². The Bertz CT molecular complexity index is 825. The van der Waals surface area contributed by atoms with E-state index in [-0.39, 0.29) is 24.9 Å². The highest BCUT2D eigenvalue weighted by Crippen LogP contribution is 2.24. The quantitative estimate of drug-likeness (QED) is 0.780. The summed E-state index contributed by atoms with van der Waals surface area (Å²) in [6, 6.07) is 16.0. The monoisotopic (exact) mass is 383 g/mol. The summed E-state index contributed by atoms with van der Waals surface area (Å²) in [5.41, 5.74) is 3.34. The average molecular weight is 384 g/mol. The molecule has 0 saturated carbocycles. The van der Waals surface area contributed by atoms with Crippen LogP contribution in [0.15, 0.2) is 53.4 Å². The Labute approximate surface area is 164 Å². The Balaban J connectivity index is 1.51. The first kappa shape index (κ1) is 19.5. The lowest BCUT2D eigenvalue weighted by atomic mass is 10.00. The number of fused-ring (bicyclic) bond motifs is 1. The molecule has 6 heteroatoms. The van der Waals surface area contributed by atoms with Crippen molar-refractivity contribution in [2.24, 2.45) is 0 Å². The van der Waals surface area contributed by atoms with Crippen LogP contribution < -0.4 is 5.32 Å². The lowest BCUT2D eigenvalue weighted by Crippen LogP contribution is -2.43. The summed E-state index contributed by atoms with van der Waals surface area (Å²) in [5, 5.41) is 2.93. The van der Waals surface area contributed by atoms with Gasteiger partial charge in [-0.2, -0.15) is 0 Å². The molecule has 2 amide bonds. The summed E-state index contributed by atoms with van der Waals surface area (Å²) >= 11 is 1.59. The maximum atomic E-state index is 12.6. The number of amides is 2. The van der Waals surface area contributed by atoms with Gasteiger partial charge in [0.05, 0.1) is 18.8 Å². The maximum absolute atomic E-state index is 12.6. The number of benzene rings is 2. The molecule has 0 aliphatic carbocycles. The third-order valence-electron chi connectivity index (χ3n) is 4.68. The molecule has 5 nitrogen and oxygen atoms in total. The van der Waals surface area contributed by atoms with E-state index in [2.05, 4.69) is 17.4 Å². The molecule has 0 fully saturated rings. The molecule has 27 heavy (non-hydrogen) atoms. The second kappa shape index (κ2) is 9.06. The Morgan fingerprint density at radius 2 is 1.78 bits per heavy atom. The molecule has 142 valence electrons. The van der Waals surface area contributed by atoms with Gasteiger partial charge in [-0.25, -0.2) is 0 Å². The number of rotatable bonds is 6. The summed E-state index contributed by atoms with van der Waals surface area (Å²) in [5.74, 6) is -0.0555. The predicted octanol–water partition coefficient (Wildman–Crippen LogP) is 2.86. The zero-order chi connectivity index (χ0) is 19.2. The number of para-hydroxylation sites is 1. The van der Waals surface area contributed by atoms with Gasteiger partial charge in [0.25, 0.3) is 0 Å². The molecule has 0 unspecified atom stereocenters. The van der Waals surface area contributed by atoms with E-state index in [0.717, 1.165) is 23.5 Å². The molecule has 1 aliphatic rings. The number of hydrogen-bond donors (Lipinski definition) is 1. The van der Waals surface area contributed by atoms with Gasteiger partial charge in [0.15, 0.2) is 0 Å². The lowest BCUT2D eigenvalue weighted by Gasteiger charge is -2.30. The molecule has 0 atom stereocenters. The molecule has 0 bridgehead atoms. The van der Waals surface area contributed by atoms with Crippen molar-refractivity contribution in [2.75, 3.05) is 38.3 Å². The van der Waals surface area contributed by atoms with Crippen LogP contribution in [-0.4, -0.2) is 54.6 Å². The van der Waals surface area contributed by atoms with Gasteiger partial charge < -0.3 is 10.2 Å². The minimum absolute atomic E-state index is 0.0596. The highest BCUT2D eigenvalue weighted by atomic mass is 32.2. The van der Waals surface area contributed by atoms with Gasteiger partial charge in [0.1, 0.15) is 0 Å². The minimum atomic E-state index is -0.115. The number of carbonyl (C=O) groups is 2. The van der Waals surface area contributed by atoms with E-state index >= 15 is 0 Å². The third kappa shape index (κ3) is 5.11. The normalized spacial score (nSPS) is 13.4. The topological polar surface area (TPSA) is 52.7 Å². The van der Waals surface area contributed by atoms with Crippen molar-refractivity contribution >= 4 is 29.3 Å². The lowest BCUT2D eigenvalue weighted by molar-refractivity contribution is -0.133. The SMILES string of the molecule is CSc1ccccc1NC(=O)CN(C)CC(=O)N1CCc2ccccc2C1. The molecular formula is C21H25N3O2S. The second-order valence-corrected chi connectivity index (χ2v) is 7.60. The average Bonchev–Trinajstić information content (AvgIpc) is 2.67. The number of anilines is 1. The maximum Gasteiger partial charge on any atom is 0.238 e. The minimum Gasteiger partial charge on any atom is -0.337 e. The number of hydrogen-bond acceptors (Lipinski definition) is 4. The third-order valence-corrected chi connectivity index (χ3v) is 5.48. The van der Waals surface area contributed by atoms with Crippen LogP contribution in [0.25, 0.3) is 0 Å². The van der Waals surface area contributed by atoms with E-state index in [1.165, 1.54) is 11.1 Å². The Morgan fingerprint density at radius 3 is 2.56 bits per heavy atom. The standard InChI is InChI=1S/C21H25N3O2S/c1-23(14-20(25)22-18-9-5-6-10-19(18)27-2)15-21(26)24-12-11-16-7-3-4-8-17(16)13-24/h3-10H,11-15H2,1-2H3,(H,22,25). The Morgan fingerprint density at radius 1 is 1.07 bits per heavy atom. The second-order valence-electron chi connectivity index (χ2n) is 6.75. The van der Waals surface area contributed by atoms with Gasteiger partial charge in [-0.3, -0.25) is 14.5 Å². The first-order valence-corrected chi connectivity index (χ1v) is 10.3. The van der Waals surface area contributed by atoms with E-state index in [0.29, 0.717) is 6.54 Å². The Hall–Kier alpha value is -2.31. The molecular weight excluding hydrogens is 358 g/mol. The van der Waals surface area contributed by atoms with Crippen molar-refractivity contribution in [3.8, 4) is 0 Å². The summed E-state index contributed by atoms with van der Waals surface area (Å²) in [7, 11) is 1.80. The van der Waals surface area contributed by atoms with Crippen LogP contribution >= 0.6 is 11.8 Å². The van der Waals surface area contributed by atoms with Crippen LogP contribution in [0.5, 0.6) is 0 Å². The molecule has 1 heterocycles. The van der Waals surface area contributed by atoms with Crippen LogP contribution in [0.1, 0.15) is 11.1 Å². The summed E-state index contributed by atoms with van der Waals surface area (Å²) in [6.07, 6.45) is 2.87. The fraction of sp³-hybridized carbons (Fsp3) is 0.333. The number of thioether (sulfide) groups is 1. The summed E-state index contributed by atoms with van der Waals surface area (Å²) < 4.78 is 0. The smallest absolute Gasteiger partial charge is 0.238 e. The van der Waals surface area contributed by atoms with Gasteiger partial charge in [-0.1, -0.05) is 36.4 Å². The first-order chi connectivity index (χ1) is 13.1. The molecule has 1 N–H and O–H groups in total. The van der Waals surface area contributed by atoms with Crippen LogP contribution in [0.4, 0.5) is 5.69 Å².